The van der Waals surface area contributed by atoms with Crippen molar-refractivity contribution >= 4 is 37.6 Å². The van der Waals surface area contributed by atoms with Crippen molar-refractivity contribution in [2.75, 3.05) is 5.33 Å². The van der Waals surface area contributed by atoms with E-state index in [-0.39, 0.29) is 21.1 Å². The number of ketones is 1. The molecule has 1 aromatic carbocycles. The lowest BCUT2D eigenvalue weighted by molar-refractivity contribution is 0.102. The van der Waals surface area contributed by atoms with Gasteiger partial charge in [-0.2, -0.15) is 0 Å². The van der Waals surface area contributed by atoms with Crippen LogP contribution in [0.25, 0.3) is 0 Å². The van der Waals surface area contributed by atoms with E-state index in [1.807, 2.05) is 0 Å². The lowest BCUT2D eigenvalue weighted by atomic mass is 10.1. The quantitative estimate of drug-likeness (QED) is 0.465. The van der Waals surface area contributed by atoms with Crippen LogP contribution in [-0.4, -0.2) is 11.1 Å². The molecular formula is C8H4Br2F2O. The Morgan fingerprint density at radius 3 is 2.54 bits per heavy atom. The molecule has 0 unspecified atom stereocenters. The van der Waals surface area contributed by atoms with E-state index >= 15 is 0 Å². The zero-order chi connectivity index (χ0) is 10.0. The van der Waals surface area contributed by atoms with E-state index in [2.05, 4.69) is 31.9 Å². The highest BCUT2D eigenvalue weighted by atomic mass is 79.9. The molecule has 5 heteroatoms. The summed E-state index contributed by atoms with van der Waals surface area (Å²) >= 11 is 5.79. The van der Waals surface area contributed by atoms with Crippen LogP contribution in [0.2, 0.25) is 0 Å². The summed E-state index contributed by atoms with van der Waals surface area (Å²) in [5, 5.41) is 0.0362. The fourth-order valence-corrected chi connectivity index (χ4v) is 1.58. The highest BCUT2D eigenvalue weighted by Crippen LogP contribution is 2.22. The van der Waals surface area contributed by atoms with Crippen molar-refractivity contribution in [1.29, 1.82) is 0 Å². The van der Waals surface area contributed by atoms with Gasteiger partial charge in [-0.1, -0.05) is 15.9 Å². The van der Waals surface area contributed by atoms with Crippen LogP contribution in [0.3, 0.4) is 0 Å². The van der Waals surface area contributed by atoms with E-state index in [9.17, 15) is 13.6 Å². The number of carbonyl (C=O) groups is 1. The summed E-state index contributed by atoms with van der Waals surface area (Å²) in [6.45, 7) is 0. The summed E-state index contributed by atoms with van der Waals surface area (Å²) in [7, 11) is 0. The first-order valence-electron chi connectivity index (χ1n) is 3.30. The number of alkyl halides is 1. The SMILES string of the molecule is O=C(CBr)c1cc(F)cc(F)c1Br. The molecule has 0 atom stereocenters. The maximum Gasteiger partial charge on any atom is 0.174 e. The second-order valence-electron chi connectivity index (χ2n) is 2.31. The van der Waals surface area contributed by atoms with Crippen LogP contribution >= 0.6 is 31.9 Å². The number of Topliss-reactive ketones (excluding diaryl/α,β-unsaturated/α-hetero) is 1. The average Bonchev–Trinajstić information content (AvgIpc) is 2.10. The Morgan fingerprint density at radius 2 is 2.00 bits per heavy atom. The lowest BCUT2D eigenvalue weighted by Gasteiger charge is -2.02. The van der Waals surface area contributed by atoms with Gasteiger partial charge in [0.1, 0.15) is 11.6 Å². The van der Waals surface area contributed by atoms with E-state index in [0.717, 1.165) is 12.1 Å². The Hall–Kier alpha value is -0.290. The Balaban J connectivity index is 3.28. The third kappa shape index (κ3) is 2.34. The zero-order valence-electron chi connectivity index (χ0n) is 6.28. The molecule has 0 fully saturated rings. The molecule has 0 saturated carbocycles. The second-order valence-corrected chi connectivity index (χ2v) is 3.66. The smallest absolute Gasteiger partial charge is 0.174 e. The fourth-order valence-electron chi connectivity index (χ4n) is 0.831. The Kier molecular flexibility index (Phi) is 3.55. The minimum Gasteiger partial charge on any atom is -0.293 e. The first-order chi connectivity index (χ1) is 6.06. The third-order valence-electron chi connectivity index (χ3n) is 1.41. The average molecular weight is 314 g/mol. The van der Waals surface area contributed by atoms with E-state index in [1.54, 1.807) is 0 Å². The van der Waals surface area contributed by atoms with Gasteiger partial charge in [0.2, 0.25) is 0 Å². The summed E-state index contributed by atoms with van der Waals surface area (Å²) in [6.07, 6.45) is 0. The molecule has 0 N–H and O–H groups in total. The molecule has 0 aliphatic heterocycles. The Labute approximate surface area is 90.4 Å². The summed E-state index contributed by atoms with van der Waals surface area (Å²) in [5.41, 5.74) is 0.00868. The molecule has 0 heterocycles. The monoisotopic (exact) mass is 312 g/mol. The maximum absolute atomic E-state index is 12.9. The van der Waals surface area contributed by atoms with Crippen LogP contribution in [-0.2, 0) is 0 Å². The molecule has 1 aromatic rings. The molecule has 0 aliphatic rings. The number of halogens is 4. The number of hydrogen-bond donors (Lipinski definition) is 0. The minimum absolute atomic E-state index is 0.00153. The van der Waals surface area contributed by atoms with Crippen LogP contribution in [0.5, 0.6) is 0 Å². The zero-order valence-corrected chi connectivity index (χ0v) is 9.45. The molecule has 0 aromatic heterocycles. The summed E-state index contributed by atoms with van der Waals surface area (Å²) in [6, 6.07) is 1.71. The van der Waals surface area contributed by atoms with Crippen molar-refractivity contribution in [3.8, 4) is 0 Å². The van der Waals surface area contributed by atoms with Gasteiger partial charge in [-0.25, -0.2) is 8.78 Å². The first-order valence-corrected chi connectivity index (χ1v) is 5.21. The standard InChI is InChI=1S/C8H4Br2F2O/c9-3-7(13)5-1-4(11)2-6(12)8(5)10/h1-2H,3H2. The van der Waals surface area contributed by atoms with Gasteiger partial charge >= 0.3 is 0 Å². The van der Waals surface area contributed by atoms with E-state index in [1.165, 1.54) is 0 Å². The van der Waals surface area contributed by atoms with Crippen molar-refractivity contribution < 1.29 is 13.6 Å². The molecule has 0 aliphatic carbocycles. The molecule has 0 saturated heterocycles. The van der Waals surface area contributed by atoms with Crippen LogP contribution in [0.1, 0.15) is 10.4 Å². The van der Waals surface area contributed by atoms with Gasteiger partial charge < -0.3 is 0 Å². The Morgan fingerprint density at radius 1 is 1.38 bits per heavy atom. The fraction of sp³-hybridized carbons (Fsp3) is 0.125. The molecule has 0 amide bonds. The van der Waals surface area contributed by atoms with E-state index < -0.39 is 11.6 Å². The van der Waals surface area contributed by atoms with Crippen LogP contribution < -0.4 is 0 Å². The van der Waals surface area contributed by atoms with Gasteiger partial charge in [0.15, 0.2) is 5.78 Å². The summed E-state index contributed by atoms with van der Waals surface area (Å²) in [4.78, 5) is 11.1. The van der Waals surface area contributed by atoms with Crippen LogP contribution in [0, 0.1) is 11.6 Å². The highest BCUT2D eigenvalue weighted by molar-refractivity contribution is 9.10. The van der Waals surface area contributed by atoms with Gasteiger partial charge in [-0.05, 0) is 22.0 Å². The van der Waals surface area contributed by atoms with Gasteiger partial charge in [0.05, 0.1) is 9.80 Å². The van der Waals surface area contributed by atoms with Crippen molar-refractivity contribution in [2.24, 2.45) is 0 Å². The van der Waals surface area contributed by atoms with E-state index in [4.69, 9.17) is 0 Å². The third-order valence-corrected chi connectivity index (χ3v) is 2.73. The molecule has 1 nitrogen and oxygen atoms in total. The molecule has 0 radical (unpaired) electrons. The molecule has 70 valence electrons. The van der Waals surface area contributed by atoms with Crippen molar-refractivity contribution in [1.82, 2.24) is 0 Å². The molecular weight excluding hydrogens is 310 g/mol. The summed E-state index contributed by atoms with van der Waals surface area (Å²) in [5.74, 6) is -1.90. The highest BCUT2D eigenvalue weighted by Gasteiger charge is 2.14. The topological polar surface area (TPSA) is 17.1 Å². The lowest BCUT2D eigenvalue weighted by Crippen LogP contribution is -2.03. The maximum atomic E-state index is 12.9. The largest absolute Gasteiger partial charge is 0.293 e. The molecule has 0 spiro atoms. The summed E-state index contributed by atoms with van der Waals surface area (Å²) < 4.78 is 25.6. The van der Waals surface area contributed by atoms with Crippen molar-refractivity contribution in [3.05, 3.63) is 33.8 Å². The minimum atomic E-state index is -0.774. The number of benzene rings is 1. The van der Waals surface area contributed by atoms with Gasteiger partial charge in [-0.3, -0.25) is 4.79 Å². The predicted octanol–water partition coefficient (Wildman–Crippen LogP) is 3.30. The molecule has 1 rings (SSSR count). The number of hydrogen-bond acceptors (Lipinski definition) is 1. The van der Waals surface area contributed by atoms with E-state index in [0.29, 0.717) is 0 Å². The van der Waals surface area contributed by atoms with Gasteiger partial charge in [0.25, 0.3) is 0 Å². The number of carbonyl (C=O) groups excluding carboxylic acids is 1. The molecule has 13 heavy (non-hydrogen) atoms. The Bertz CT molecular complexity index is 352. The van der Waals surface area contributed by atoms with Crippen molar-refractivity contribution in [3.63, 3.8) is 0 Å². The predicted molar refractivity (Wildman–Crippen MR) is 52.2 cm³/mol. The number of rotatable bonds is 2. The normalized spacial score (nSPS) is 10.2. The first kappa shape index (κ1) is 10.8. The van der Waals surface area contributed by atoms with Crippen LogP contribution in [0.15, 0.2) is 16.6 Å². The van der Waals surface area contributed by atoms with Gasteiger partial charge in [0, 0.05) is 11.6 Å². The van der Waals surface area contributed by atoms with Gasteiger partial charge in [-0.15, -0.1) is 0 Å². The molecule has 0 bridgehead atoms. The van der Waals surface area contributed by atoms with Crippen molar-refractivity contribution in [2.45, 2.75) is 0 Å². The second kappa shape index (κ2) is 4.28. The van der Waals surface area contributed by atoms with Crippen LogP contribution in [0.4, 0.5) is 8.78 Å².